The summed E-state index contributed by atoms with van der Waals surface area (Å²) in [6.07, 6.45) is 0.587. The van der Waals surface area contributed by atoms with Crippen LogP contribution in [0.15, 0.2) is 0 Å². The minimum Gasteiger partial charge on any atom is -0.446 e. The van der Waals surface area contributed by atoms with Crippen LogP contribution in [0.25, 0.3) is 0 Å². The van der Waals surface area contributed by atoms with E-state index in [1.807, 2.05) is 4.72 Å². The van der Waals surface area contributed by atoms with Crippen molar-refractivity contribution in [3.8, 4) is 0 Å². The molecule has 1 rings (SSSR count). The van der Waals surface area contributed by atoms with Gasteiger partial charge >= 0.3 is 16.3 Å². The highest BCUT2D eigenvalue weighted by Gasteiger charge is 2.25. The summed E-state index contributed by atoms with van der Waals surface area (Å²) in [5.41, 5.74) is 0. The van der Waals surface area contributed by atoms with Crippen molar-refractivity contribution >= 4 is 16.3 Å². The Hall–Kier alpha value is -0.860. The lowest BCUT2D eigenvalue weighted by Crippen LogP contribution is -2.45. The van der Waals surface area contributed by atoms with Gasteiger partial charge in [-0.1, -0.05) is 0 Å². The maximum absolute atomic E-state index is 11.9. The molecule has 0 aliphatic carbocycles. The Balaban J connectivity index is 2.48. The molecule has 19 heavy (non-hydrogen) atoms. The number of carbonyl (C=O) groups is 1. The third-order valence-electron chi connectivity index (χ3n) is 2.94. The van der Waals surface area contributed by atoms with E-state index in [-0.39, 0.29) is 6.10 Å². The van der Waals surface area contributed by atoms with Gasteiger partial charge in [-0.05, 0) is 45.7 Å². The number of hydrogen-bond donors (Lipinski definition) is 2. The number of ether oxygens (including phenoxy) is 1. The highest BCUT2D eigenvalue weighted by Crippen LogP contribution is 2.13. The van der Waals surface area contributed by atoms with E-state index in [4.69, 9.17) is 4.74 Å². The van der Waals surface area contributed by atoms with E-state index in [1.165, 1.54) is 11.4 Å². The Morgan fingerprint density at radius 2 is 2.00 bits per heavy atom. The fourth-order valence-electron chi connectivity index (χ4n) is 1.95. The van der Waals surface area contributed by atoms with Crippen molar-refractivity contribution in [2.45, 2.75) is 32.8 Å². The minimum atomic E-state index is -3.82. The number of nitrogens with zero attached hydrogens (tertiary/aromatic N) is 1. The monoisotopic (exact) mass is 293 g/mol. The molecule has 0 bridgehead atoms. The molecule has 1 saturated heterocycles. The lowest BCUT2D eigenvalue weighted by atomic mass is 9.98. The lowest BCUT2D eigenvalue weighted by molar-refractivity contribution is 0.121. The van der Waals surface area contributed by atoms with Crippen LogP contribution in [0.4, 0.5) is 4.79 Å². The molecular formula is C11H23N3O4S. The quantitative estimate of drug-likeness (QED) is 0.761. The van der Waals surface area contributed by atoms with Gasteiger partial charge in [-0.2, -0.15) is 12.7 Å². The van der Waals surface area contributed by atoms with E-state index in [0.717, 1.165) is 25.9 Å². The SMILES string of the molecule is CC(C)OC(=O)NS(=O)(=O)N(C)CC1CCNCC1. The molecule has 1 aliphatic heterocycles. The first-order valence-electron chi connectivity index (χ1n) is 6.46. The van der Waals surface area contributed by atoms with Gasteiger partial charge in [0.25, 0.3) is 0 Å². The van der Waals surface area contributed by atoms with Crippen molar-refractivity contribution in [1.82, 2.24) is 14.3 Å². The van der Waals surface area contributed by atoms with Crippen LogP contribution in [0, 0.1) is 5.92 Å². The second kappa shape index (κ2) is 7.06. The summed E-state index contributed by atoms with van der Waals surface area (Å²) >= 11 is 0. The van der Waals surface area contributed by atoms with E-state index in [1.54, 1.807) is 13.8 Å². The summed E-state index contributed by atoms with van der Waals surface area (Å²) in [6, 6.07) is 0. The molecule has 2 N–H and O–H groups in total. The van der Waals surface area contributed by atoms with Crippen LogP contribution < -0.4 is 10.0 Å². The molecule has 1 amide bonds. The van der Waals surface area contributed by atoms with Gasteiger partial charge in [0, 0.05) is 13.6 Å². The van der Waals surface area contributed by atoms with E-state index < -0.39 is 16.3 Å². The van der Waals surface area contributed by atoms with Gasteiger partial charge in [0.1, 0.15) is 0 Å². The zero-order valence-corrected chi connectivity index (χ0v) is 12.5. The standard InChI is InChI=1S/C11H23N3O4S/c1-9(2)18-11(15)13-19(16,17)14(3)8-10-4-6-12-7-5-10/h9-10,12H,4-8H2,1-3H3,(H,13,15). The predicted molar refractivity (Wildman–Crippen MR) is 71.9 cm³/mol. The van der Waals surface area contributed by atoms with Crippen molar-refractivity contribution in [3.05, 3.63) is 0 Å². The molecule has 1 aliphatic rings. The maximum Gasteiger partial charge on any atom is 0.422 e. The number of rotatable bonds is 5. The number of nitrogens with one attached hydrogen (secondary N) is 2. The van der Waals surface area contributed by atoms with Gasteiger partial charge in [-0.15, -0.1) is 0 Å². The van der Waals surface area contributed by atoms with E-state index in [0.29, 0.717) is 12.5 Å². The van der Waals surface area contributed by atoms with Crippen LogP contribution in [0.3, 0.4) is 0 Å². The molecular weight excluding hydrogens is 270 g/mol. The third kappa shape index (κ3) is 5.75. The van der Waals surface area contributed by atoms with Gasteiger partial charge in [-0.3, -0.25) is 0 Å². The lowest BCUT2D eigenvalue weighted by Gasteiger charge is -2.27. The molecule has 0 aromatic rings. The first-order valence-corrected chi connectivity index (χ1v) is 7.90. The highest BCUT2D eigenvalue weighted by atomic mass is 32.2. The molecule has 0 atom stereocenters. The summed E-state index contributed by atoms with van der Waals surface area (Å²) in [7, 11) is -2.35. The summed E-state index contributed by atoms with van der Waals surface area (Å²) in [6.45, 7) is 5.53. The van der Waals surface area contributed by atoms with E-state index >= 15 is 0 Å². The number of hydrogen-bond acceptors (Lipinski definition) is 5. The molecule has 1 heterocycles. The van der Waals surface area contributed by atoms with Gasteiger partial charge in [0.2, 0.25) is 0 Å². The van der Waals surface area contributed by atoms with Gasteiger partial charge in [0.15, 0.2) is 0 Å². The van der Waals surface area contributed by atoms with Crippen molar-refractivity contribution < 1.29 is 17.9 Å². The van der Waals surface area contributed by atoms with Crippen molar-refractivity contribution in [2.75, 3.05) is 26.7 Å². The zero-order chi connectivity index (χ0) is 14.5. The summed E-state index contributed by atoms with van der Waals surface area (Å²) < 4.78 is 31.6. The molecule has 8 heteroatoms. The van der Waals surface area contributed by atoms with E-state index in [2.05, 4.69) is 5.32 Å². The van der Waals surface area contributed by atoms with Crippen LogP contribution in [0.2, 0.25) is 0 Å². The molecule has 0 unspecified atom stereocenters. The molecule has 1 fully saturated rings. The summed E-state index contributed by atoms with van der Waals surface area (Å²) in [4.78, 5) is 11.3. The Labute approximate surface area is 114 Å². The minimum absolute atomic E-state index is 0.323. The molecule has 0 spiro atoms. The molecule has 0 saturated carbocycles. The van der Waals surface area contributed by atoms with Crippen molar-refractivity contribution in [3.63, 3.8) is 0 Å². The fraction of sp³-hybridized carbons (Fsp3) is 0.909. The molecule has 0 aromatic carbocycles. The smallest absolute Gasteiger partial charge is 0.422 e. The fourth-order valence-corrected chi connectivity index (χ4v) is 2.77. The second-order valence-corrected chi connectivity index (χ2v) is 6.81. The molecule has 7 nitrogen and oxygen atoms in total. The van der Waals surface area contributed by atoms with Crippen LogP contribution in [-0.4, -0.2) is 51.6 Å². The Morgan fingerprint density at radius 1 is 1.42 bits per heavy atom. The zero-order valence-electron chi connectivity index (χ0n) is 11.7. The average molecular weight is 293 g/mol. The maximum atomic E-state index is 11.9. The Kier molecular flexibility index (Phi) is 6.02. The Bertz CT molecular complexity index is 391. The van der Waals surface area contributed by atoms with Crippen molar-refractivity contribution in [2.24, 2.45) is 5.92 Å². The van der Waals surface area contributed by atoms with E-state index in [9.17, 15) is 13.2 Å². The topological polar surface area (TPSA) is 87.7 Å². The second-order valence-electron chi connectivity index (χ2n) is 5.04. The number of amides is 1. The first-order chi connectivity index (χ1) is 8.81. The van der Waals surface area contributed by atoms with Crippen LogP contribution in [0.1, 0.15) is 26.7 Å². The van der Waals surface area contributed by atoms with Crippen LogP contribution in [0.5, 0.6) is 0 Å². The summed E-state index contributed by atoms with van der Waals surface area (Å²) in [5.74, 6) is 0.323. The average Bonchev–Trinajstić information content (AvgIpc) is 2.28. The highest BCUT2D eigenvalue weighted by molar-refractivity contribution is 7.87. The molecule has 112 valence electrons. The normalized spacial score (nSPS) is 17.7. The Morgan fingerprint density at radius 3 is 2.53 bits per heavy atom. The largest absolute Gasteiger partial charge is 0.446 e. The molecule has 0 aromatic heterocycles. The molecule has 0 radical (unpaired) electrons. The van der Waals surface area contributed by atoms with Crippen LogP contribution in [-0.2, 0) is 14.9 Å². The predicted octanol–water partition coefficient (Wildman–Crippen LogP) is 0.297. The third-order valence-corrected chi connectivity index (χ3v) is 4.33. The summed E-state index contributed by atoms with van der Waals surface area (Å²) in [5, 5.41) is 3.22. The number of piperidine rings is 1. The number of carbonyl (C=O) groups excluding carboxylic acids is 1. The first kappa shape index (κ1) is 16.2. The van der Waals surface area contributed by atoms with Crippen molar-refractivity contribution in [1.29, 1.82) is 0 Å². The van der Waals surface area contributed by atoms with Gasteiger partial charge < -0.3 is 10.1 Å². The van der Waals surface area contributed by atoms with Gasteiger partial charge in [0.05, 0.1) is 6.10 Å². The van der Waals surface area contributed by atoms with Crippen LogP contribution >= 0.6 is 0 Å². The van der Waals surface area contributed by atoms with Gasteiger partial charge in [-0.25, -0.2) is 9.52 Å².